The van der Waals surface area contributed by atoms with Crippen molar-refractivity contribution < 1.29 is 28.6 Å². The number of ketones is 1. The van der Waals surface area contributed by atoms with Crippen molar-refractivity contribution >= 4 is 34.3 Å². The number of hydrogen-bond donors (Lipinski definition) is 1. The van der Waals surface area contributed by atoms with Crippen LogP contribution in [0, 0.1) is 0 Å². The molecule has 190 valence electrons. The second-order valence-electron chi connectivity index (χ2n) is 8.79. The van der Waals surface area contributed by atoms with Gasteiger partial charge in [0.1, 0.15) is 5.75 Å². The van der Waals surface area contributed by atoms with E-state index < -0.39 is 23.5 Å². The molecule has 3 aromatic rings. The number of Topliss-reactive ketones (excluding diaryl/α,β-unsaturated/α-hetero) is 1. The molecule has 1 N–H and O–H groups in total. The van der Waals surface area contributed by atoms with Gasteiger partial charge in [0.25, 0.3) is 5.91 Å². The monoisotopic (exact) mass is 512 g/mol. The number of benzene rings is 2. The number of fused-ring (bicyclic) bond motifs is 1. The zero-order valence-corrected chi connectivity index (χ0v) is 21.5. The standard InChI is InChI=1S/C27H29ClN2O6/c1-5-35-19-9-7-16(8-10-19)23-22(25(32)27(33)30(23)12-6-11-29(2)3)24(31)20-14-17-13-18(28)15-21(34-4)26(17)36-20/h7-10,13-15,23,32H,5-6,11-12H2,1-4H3. The number of halogens is 1. The lowest BCUT2D eigenvalue weighted by molar-refractivity contribution is -0.129. The maximum Gasteiger partial charge on any atom is 0.290 e. The summed E-state index contributed by atoms with van der Waals surface area (Å²) in [5.41, 5.74) is 1.01. The normalized spacial score (nSPS) is 15.9. The molecule has 36 heavy (non-hydrogen) atoms. The van der Waals surface area contributed by atoms with Gasteiger partial charge in [-0.05, 0) is 63.8 Å². The number of nitrogens with zero attached hydrogens (tertiary/aromatic N) is 2. The summed E-state index contributed by atoms with van der Waals surface area (Å²) in [5, 5.41) is 11.9. The highest BCUT2D eigenvalue weighted by molar-refractivity contribution is 6.31. The molecule has 1 atom stereocenters. The third-order valence-electron chi connectivity index (χ3n) is 6.05. The van der Waals surface area contributed by atoms with Gasteiger partial charge in [-0.2, -0.15) is 0 Å². The Hall–Kier alpha value is -3.49. The number of rotatable bonds is 10. The molecule has 0 spiro atoms. The van der Waals surface area contributed by atoms with Crippen LogP contribution in [-0.2, 0) is 4.79 Å². The molecule has 1 aliphatic heterocycles. The lowest BCUT2D eigenvalue weighted by Gasteiger charge is -2.27. The van der Waals surface area contributed by atoms with Crippen molar-refractivity contribution in [2.24, 2.45) is 0 Å². The minimum atomic E-state index is -0.776. The number of methoxy groups -OCH3 is 1. The maximum atomic E-state index is 13.7. The first-order valence-corrected chi connectivity index (χ1v) is 12.1. The Balaban J connectivity index is 1.76. The highest BCUT2D eigenvalue weighted by Crippen LogP contribution is 2.41. The van der Waals surface area contributed by atoms with Gasteiger partial charge in [0.15, 0.2) is 22.9 Å². The molecule has 2 aromatic carbocycles. The van der Waals surface area contributed by atoms with Gasteiger partial charge in [-0.25, -0.2) is 0 Å². The van der Waals surface area contributed by atoms with Crippen molar-refractivity contribution in [3.63, 3.8) is 0 Å². The molecular formula is C27H29ClN2O6. The van der Waals surface area contributed by atoms with E-state index in [9.17, 15) is 14.7 Å². The van der Waals surface area contributed by atoms with Gasteiger partial charge >= 0.3 is 0 Å². The highest BCUT2D eigenvalue weighted by atomic mass is 35.5. The van der Waals surface area contributed by atoms with Crippen LogP contribution in [0.15, 0.2) is 58.2 Å². The van der Waals surface area contributed by atoms with E-state index in [4.69, 9.17) is 25.5 Å². The molecule has 0 fully saturated rings. The number of carbonyl (C=O) groups is 2. The topological polar surface area (TPSA) is 92.4 Å². The first kappa shape index (κ1) is 25.6. The Morgan fingerprint density at radius 3 is 2.56 bits per heavy atom. The molecule has 2 heterocycles. The van der Waals surface area contributed by atoms with Gasteiger partial charge in [0, 0.05) is 23.0 Å². The zero-order valence-electron chi connectivity index (χ0n) is 20.7. The smallest absolute Gasteiger partial charge is 0.290 e. The first-order valence-electron chi connectivity index (χ1n) is 11.7. The molecule has 1 unspecified atom stereocenters. The molecule has 8 nitrogen and oxygen atoms in total. The number of aliphatic hydroxyl groups excluding tert-OH is 1. The number of aliphatic hydroxyl groups is 1. The summed E-state index contributed by atoms with van der Waals surface area (Å²) in [4.78, 5) is 30.4. The van der Waals surface area contributed by atoms with Gasteiger partial charge in [-0.1, -0.05) is 23.7 Å². The Bertz CT molecular complexity index is 1310. The largest absolute Gasteiger partial charge is 0.503 e. The number of ether oxygens (including phenoxy) is 2. The van der Waals surface area contributed by atoms with Crippen LogP contribution in [0.4, 0.5) is 0 Å². The van der Waals surface area contributed by atoms with Crippen LogP contribution in [-0.4, -0.2) is 67.5 Å². The minimum Gasteiger partial charge on any atom is -0.503 e. The van der Waals surface area contributed by atoms with Crippen LogP contribution >= 0.6 is 11.6 Å². The predicted octanol–water partition coefficient (Wildman–Crippen LogP) is 5.02. The fraction of sp³-hybridized carbons (Fsp3) is 0.333. The fourth-order valence-corrected chi connectivity index (χ4v) is 4.63. The van der Waals surface area contributed by atoms with Crippen molar-refractivity contribution in [3.05, 3.63) is 70.1 Å². The van der Waals surface area contributed by atoms with Crippen LogP contribution < -0.4 is 9.47 Å². The lowest BCUT2D eigenvalue weighted by Crippen LogP contribution is -2.33. The predicted molar refractivity (Wildman–Crippen MR) is 137 cm³/mol. The van der Waals surface area contributed by atoms with E-state index in [0.29, 0.717) is 52.6 Å². The average Bonchev–Trinajstić information content (AvgIpc) is 3.38. The summed E-state index contributed by atoms with van der Waals surface area (Å²) in [5.74, 6) is -0.713. The van der Waals surface area contributed by atoms with Crippen molar-refractivity contribution in [1.29, 1.82) is 0 Å². The van der Waals surface area contributed by atoms with Crippen molar-refractivity contribution in [3.8, 4) is 11.5 Å². The van der Waals surface area contributed by atoms with Crippen LogP contribution in [0.1, 0.15) is 35.5 Å². The van der Waals surface area contributed by atoms with Crippen LogP contribution in [0.3, 0.4) is 0 Å². The molecule has 1 aliphatic rings. The van der Waals surface area contributed by atoms with E-state index in [2.05, 4.69) is 0 Å². The molecule has 0 aliphatic carbocycles. The molecule has 1 amide bonds. The molecular weight excluding hydrogens is 484 g/mol. The minimum absolute atomic E-state index is 0.0222. The van der Waals surface area contributed by atoms with Gasteiger partial charge < -0.3 is 28.8 Å². The van der Waals surface area contributed by atoms with E-state index in [1.807, 2.05) is 25.9 Å². The van der Waals surface area contributed by atoms with Crippen LogP contribution in [0.25, 0.3) is 11.0 Å². The van der Waals surface area contributed by atoms with Crippen molar-refractivity contribution in [2.45, 2.75) is 19.4 Å². The second-order valence-corrected chi connectivity index (χ2v) is 9.22. The molecule has 4 rings (SSSR count). The van der Waals surface area contributed by atoms with E-state index in [1.165, 1.54) is 12.0 Å². The van der Waals surface area contributed by atoms with Gasteiger partial charge in [-0.15, -0.1) is 0 Å². The van der Waals surface area contributed by atoms with Crippen molar-refractivity contribution in [1.82, 2.24) is 9.80 Å². The molecule has 9 heteroatoms. The first-order chi connectivity index (χ1) is 17.2. The van der Waals surface area contributed by atoms with Gasteiger partial charge in [0.05, 0.1) is 25.3 Å². The lowest BCUT2D eigenvalue weighted by atomic mass is 9.95. The third-order valence-corrected chi connectivity index (χ3v) is 6.27. The molecule has 0 saturated heterocycles. The summed E-state index contributed by atoms with van der Waals surface area (Å²) in [6, 6.07) is 11.2. The van der Waals surface area contributed by atoms with E-state index in [-0.39, 0.29) is 11.3 Å². The highest BCUT2D eigenvalue weighted by Gasteiger charge is 2.44. The summed E-state index contributed by atoms with van der Waals surface area (Å²) < 4.78 is 16.7. The van der Waals surface area contributed by atoms with E-state index in [1.54, 1.807) is 42.5 Å². The second kappa shape index (κ2) is 10.6. The van der Waals surface area contributed by atoms with Crippen LogP contribution in [0.5, 0.6) is 11.5 Å². The number of amides is 1. The molecule has 0 bridgehead atoms. The van der Waals surface area contributed by atoms with Crippen LogP contribution in [0.2, 0.25) is 5.02 Å². The van der Waals surface area contributed by atoms with E-state index >= 15 is 0 Å². The summed E-state index contributed by atoms with van der Waals surface area (Å²) >= 11 is 6.17. The fourth-order valence-electron chi connectivity index (χ4n) is 4.42. The Morgan fingerprint density at radius 1 is 1.19 bits per heavy atom. The van der Waals surface area contributed by atoms with E-state index in [0.717, 1.165) is 6.54 Å². The van der Waals surface area contributed by atoms with Gasteiger partial charge in [0.2, 0.25) is 5.78 Å². The Morgan fingerprint density at radius 2 is 1.92 bits per heavy atom. The Kier molecular flexibility index (Phi) is 7.56. The molecule has 0 radical (unpaired) electrons. The van der Waals surface area contributed by atoms with Gasteiger partial charge in [-0.3, -0.25) is 9.59 Å². The summed E-state index contributed by atoms with van der Waals surface area (Å²) in [7, 11) is 5.37. The quantitative estimate of drug-likeness (QED) is 0.381. The maximum absolute atomic E-state index is 13.7. The molecule has 1 aromatic heterocycles. The number of furan rings is 1. The number of carbonyl (C=O) groups excluding carboxylic acids is 2. The average molecular weight is 513 g/mol. The SMILES string of the molecule is CCOc1ccc(C2C(C(=O)c3cc4cc(Cl)cc(OC)c4o3)=C(O)C(=O)N2CCCN(C)C)cc1. The molecule has 0 saturated carbocycles. The van der Waals surface area contributed by atoms with Crippen molar-refractivity contribution in [2.75, 3.05) is 40.9 Å². The summed E-state index contributed by atoms with van der Waals surface area (Å²) in [6.07, 6.45) is 0.668. The third kappa shape index (κ3) is 4.92. The number of hydrogen-bond acceptors (Lipinski definition) is 7. The zero-order chi connectivity index (χ0) is 26.0. The Labute approximate surface area is 214 Å². The summed E-state index contributed by atoms with van der Waals surface area (Å²) in [6.45, 7) is 3.51.